The van der Waals surface area contributed by atoms with Gasteiger partial charge in [-0.15, -0.1) is 10.2 Å². The van der Waals surface area contributed by atoms with Gasteiger partial charge in [-0.2, -0.15) is 0 Å². The van der Waals surface area contributed by atoms with Gasteiger partial charge in [0.2, 0.25) is 11.8 Å². The molecule has 5 heteroatoms. The molecule has 1 fully saturated rings. The molecule has 1 aromatic heterocycles. The predicted molar refractivity (Wildman–Crippen MR) is 63.5 cm³/mol. The molecule has 96 valence electrons. The van der Waals surface area contributed by atoms with Crippen LogP contribution in [0.15, 0.2) is 4.42 Å². The molecule has 0 saturated carbocycles. The van der Waals surface area contributed by atoms with Crippen LogP contribution in [0, 0.1) is 5.92 Å². The van der Waals surface area contributed by atoms with E-state index in [-0.39, 0.29) is 12.0 Å². The van der Waals surface area contributed by atoms with Crippen LogP contribution in [0.4, 0.5) is 0 Å². The van der Waals surface area contributed by atoms with Gasteiger partial charge in [-0.05, 0) is 18.9 Å². The highest BCUT2D eigenvalue weighted by Gasteiger charge is 2.25. The zero-order valence-corrected chi connectivity index (χ0v) is 10.8. The third-order valence-electron chi connectivity index (χ3n) is 3.10. The minimum Gasteiger partial charge on any atom is -0.423 e. The van der Waals surface area contributed by atoms with Crippen LogP contribution in [0.25, 0.3) is 0 Å². The maximum Gasteiger partial charge on any atom is 0.230 e. The molecule has 0 aliphatic carbocycles. The van der Waals surface area contributed by atoms with Gasteiger partial charge in [0.15, 0.2) is 0 Å². The van der Waals surface area contributed by atoms with Crippen molar-refractivity contribution in [1.82, 2.24) is 15.1 Å². The second kappa shape index (κ2) is 4.74. The van der Waals surface area contributed by atoms with Gasteiger partial charge in [0.1, 0.15) is 0 Å². The number of hydrogen-bond donors (Lipinski definition) is 1. The first-order valence-electron chi connectivity index (χ1n) is 6.15. The van der Waals surface area contributed by atoms with E-state index in [4.69, 9.17) is 9.52 Å². The highest BCUT2D eigenvalue weighted by molar-refractivity contribution is 4.96. The first-order chi connectivity index (χ1) is 7.99. The fraction of sp³-hybridized carbons (Fsp3) is 0.833. The quantitative estimate of drug-likeness (QED) is 0.858. The summed E-state index contributed by atoms with van der Waals surface area (Å²) in [6, 6.07) is 0. The largest absolute Gasteiger partial charge is 0.423 e. The Kier molecular flexibility index (Phi) is 3.49. The summed E-state index contributed by atoms with van der Waals surface area (Å²) in [5, 5.41) is 17.2. The van der Waals surface area contributed by atoms with Crippen LogP contribution in [0.5, 0.6) is 0 Å². The molecular formula is C12H21N3O2. The van der Waals surface area contributed by atoms with Gasteiger partial charge in [-0.3, -0.25) is 4.90 Å². The van der Waals surface area contributed by atoms with Crippen LogP contribution in [-0.4, -0.2) is 39.9 Å². The van der Waals surface area contributed by atoms with E-state index in [1.807, 2.05) is 0 Å². The smallest absolute Gasteiger partial charge is 0.230 e. The van der Waals surface area contributed by atoms with Crippen LogP contribution >= 0.6 is 0 Å². The number of likely N-dealkylation sites (tertiary alicyclic amines) is 1. The molecule has 1 unspecified atom stereocenters. The topological polar surface area (TPSA) is 62.4 Å². The van der Waals surface area contributed by atoms with Crippen molar-refractivity contribution in [2.24, 2.45) is 5.92 Å². The Morgan fingerprint density at radius 1 is 1.41 bits per heavy atom. The highest BCUT2D eigenvalue weighted by atomic mass is 16.4. The Balaban J connectivity index is 1.94. The zero-order chi connectivity index (χ0) is 12.5. The average Bonchev–Trinajstić information content (AvgIpc) is 2.86. The lowest BCUT2D eigenvalue weighted by molar-refractivity contribution is 0.213. The first kappa shape index (κ1) is 12.5. The second-order valence-corrected chi connectivity index (χ2v) is 5.82. The molecule has 1 aliphatic heterocycles. The van der Waals surface area contributed by atoms with E-state index in [9.17, 15) is 0 Å². The van der Waals surface area contributed by atoms with Crippen molar-refractivity contribution >= 4 is 0 Å². The van der Waals surface area contributed by atoms with Crippen LogP contribution in [0.2, 0.25) is 0 Å². The van der Waals surface area contributed by atoms with E-state index in [0.717, 1.165) is 19.5 Å². The second-order valence-electron chi connectivity index (χ2n) is 5.82. The summed E-state index contributed by atoms with van der Waals surface area (Å²) < 4.78 is 5.65. The summed E-state index contributed by atoms with van der Waals surface area (Å²) in [4.78, 5) is 2.25. The van der Waals surface area contributed by atoms with Gasteiger partial charge in [0.25, 0.3) is 0 Å². The van der Waals surface area contributed by atoms with Crippen molar-refractivity contribution in [2.75, 3.05) is 19.7 Å². The van der Waals surface area contributed by atoms with Crippen molar-refractivity contribution in [2.45, 2.75) is 39.2 Å². The summed E-state index contributed by atoms with van der Waals surface area (Å²) >= 11 is 0. The van der Waals surface area contributed by atoms with Crippen molar-refractivity contribution < 1.29 is 9.52 Å². The number of rotatable bonds is 3. The third-order valence-corrected chi connectivity index (χ3v) is 3.10. The number of nitrogens with zero attached hydrogens (tertiary/aromatic N) is 3. The van der Waals surface area contributed by atoms with Crippen molar-refractivity contribution in [1.29, 1.82) is 0 Å². The fourth-order valence-electron chi connectivity index (χ4n) is 2.02. The standard InChI is InChI=1S/C12H21N3O2/c1-12(2,3)11-14-13-10(17-11)7-15-5-4-9(6-15)8-16/h9,16H,4-8H2,1-3H3. The molecule has 2 heterocycles. The van der Waals surface area contributed by atoms with Crippen LogP contribution in [0.3, 0.4) is 0 Å². The minimum absolute atomic E-state index is 0.0934. The number of hydrogen-bond acceptors (Lipinski definition) is 5. The maximum atomic E-state index is 9.08. The molecular weight excluding hydrogens is 218 g/mol. The summed E-state index contributed by atoms with van der Waals surface area (Å²) in [6.07, 6.45) is 1.05. The van der Waals surface area contributed by atoms with Gasteiger partial charge in [0.05, 0.1) is 6.54 Å². The molecule has 2 rings (SSSR count). The maximum absolute atomic E-state index is 9.08. The van der Waals surface area contributed by atoms with E-state index in [2.05, 4.69) is 35.9 Å². The van der Waals surface area contributed by atoms with Gasteiger partial charge < -0.3 is 9.52 Å². The van der Waals surface area contributed by atoms with Gasteiger partial charge >= 0.3 is 0 Å². The third kappa shape index (κ3) is 3.04. The Hall–Kier alpha value is -0.940. The number of aliphatic hydroxyl groups is 1. The van der Waals surface area contributed by atoms with Crippen molar-refractivity contribution in [3.8, 4) is 0 Å². The van der Waals surface area contributed by atoms with Crippen molar-refractivity contribution in [3.05, 3.63) is 11.8 Å². The van der Waals surface area contributed by atoms with Gasteiger partial charge in [0, 0.05) is 18.6 Å². The van der Waals surface area contributed by atoms with Gasteiger partial charge in [-0.25, -0.2) is 0 Å². The SMILES string of the molecule is CC(C)(C)c1nnc(CN2CCC(CO)C2)o1. The average molecular weight is 239 g/mol. The molecule has 0 aromatic carbocycles. The van der Waals surface area contributed by atoms with Crippen LogP contribution < -0.4 is 0 Å². The molecule has 0 spiro atoms. The summed E-state index contributed by atoms with van der Waals surface area (Å²) in [5.41, 5.74) is -0.0934. The molecule has 0 radical (unpaired) electrons. The summed E-state index contributed by atoms with van der Waals surface area (Å²) in [7, 11) is 0. The Morgan fingerprint density at radius 3 is 2.71 bits per heavy atom. The molecule has 17 heavy (non-hydrogen) atoms. The van der Waals surface area contributed by atoms with Crippen molar-refractivity contribution in [3.63, 3.8) is 0 Å². The highest BCUT2D eigenvalue weighted by Crippen LogP contribution is 2.22. The first-order valence-corrected chi connectivity index (χ1v) is 6.15. The van der Waals surface area contributed by atoms with E-state index in [0.29, 0.717) is 24.2 Å². The Labute approximate surface area is 102 Å². The fourth-order valence-corrected chi connectivity index (χ4v) is 2.02. The monoisotopic (exact) mass is 239 g/mol. The molecule has 1 atom stereocenters. The lowest BCUT2D eigenvalue weighted by Gasteiger charge is -2.13. The number of aliphatic hydroxyl groups excluding tert-OH is 1. The molecule has 0 amide bonds. The molecule has 1 aromatic rings. The lowest BCUT2D eigenvalue weighted by Crippen LogP contribution is -2.21. The molecule has 0 bridgehead atoms. The van der Waals surface area contributed by atoms with Crippen LogP contribution in [0.1, 0.15) is 39.0 Å². The molecule has 5 nitrogen and oxygen atoms in total. The van der Waals surface area contributed by atoms with E-state index < -0.39 is 0 Å². The lowest BCUT2D eigenvalue weighted by atomic mass is 9.97. The molecule has 1 N–H and O–H groups in total. The Morgan fingerprint density at radius 2 is 2.18 bits per heavy atom. The van der Waals surface area contributed by atoms with Crippen LogP contribution in [-0.2, 0) is 12.0 Å². The normalized spacial score (nSPS) is 22.2. The summed E-state index contributed by atoms with van der Waals surface area (Å²) in [6.45, 7) is 9.06. The predicted octanol–water partition coefficient (Wildman–Crippen LogP) is 1.18. The van der Waals surface area contributed by atoms with E-state index in [1.54, 1.807) is 0 Å². The number of aromatic nitrogens is 2. The zero-order valence-electron chi connectivity index (χ0n) is 10.8. The molecule has 1 aliphatic rings. The van der Waals surface area contributed by atoms with E-state index in [1.165, 1.54) is 0 Å². The van der Waals surface area contributed by atoms with E-state index >= 15 is 0 Å². The molecule has 1 saturated heterocycles. The van der Waals surface area contributed by atoms with Gasteiger partial charge in [-0.1, -0.05) is 20.8 Å². The Bertz CT molecular complexity index is 370. The summed E-state index contributed by atoms with van der Waals surface area (Å²) in [5.74, 6) is 1.76. The minimum atomic E-state index is -0.0934.